The van der Waals surface area contributed by atoms with Gasteiger partial charge in [-0.1, -0.05) is 54.2 Å². The van der Waals surface area contributed by atoms with E-state index in [0.29, 0.717) is 16.3 Å². The molecule has 0 N–H and O–H groups in total. The first-order valence-corrected chi connectivity index (χ1v) is 13.3. The van der Waals surface area contributed by atoms with Crippen molar-refractivity contribution in [3.63, 3.8) is 0 Å². The largest absolute Gasteiger partial charge is 0.339 e. The second kappa shape index (κ2) is 9.52. The Hall–Kier alpha value is -2.68. The van der Waals surface area contributed by atoms with Crippen LogP contribution in [-0.2, 0) is 18.4 Å². The van der Waals surface area contributed by atoms with Gasteiger partial charge in [-0.3, -0.25) is 19.1 Å². The standard InChI is InChI=1S/C26H28N4O2S2/c1-17-18(2)34-24-23(17)25(32)28(3)26(27-24)33-16-22(31)30-13-11-29(12-14-30)15-20-9-6-8-19-7-4-5-10-21(19)20/h4-10H,11-16H2,1-3H3. The van der Waals surface area contributed by atoms with E-state index in [9.17, 15) is 9.59 Å². The summed E-state index contributed by atoms with van der Waals surface area (Å²) in [5.41, 5.74) is 2.29. The van der Waals surface area contributed by atoms with Crippen LogP contribution in [0.4, 0.5) is 0 Å². The zero-order chi connectivity index (χ0) is 23.8. The van der Waals surface area contributed by atoms with E-state index in [1.54, 1.807) is 23.0 Å². The minimum Gasteiger partial charge on any atom is -0.339 e. The summed E-state index contributed by atoms with van der Waals surface area (Å²) >= 11 is 2.89. The first-order chi connectivity index (χ1) is 16.4. The van der Waals surface area contributed by atoms with Crippen molar-refractivity contribution < 1.29 is 4.79 Å². The molecule has 6 nitrogen and oxygen atoms in total. The Kier molecular flexibility index (Phi) is 6.46. The molecule has 176 valence electrons. The van der Waals surface area contributed by atoms with Crippen molar-refractivity contribution in [1.29, 1.82) is 0 Å². The number of aryl methyl sites for hydroxylation is 2. The van der Waals surface area contributed by atoms with Gasteiger partial charge in [0.15, 0.2) is 5.16 Å². The number of benzene rings is 2. The van der Waals surface area contributed by atoms with Gasteiger partial charge in [-0.05, 0) is 35.7 Å². The quantitative estimate of drug-likeness (QED) is 0.309. The summed E-state index contributed by atoms with van der Waals surface area (Å²) in [4.78, 5) is 36.6. The summed E-state index contributed by atoms with van der Waals surface area (Å²) in [6.45, 7) is 8.03. The minimum atomic E-state index is -0.0381. The lowest BCUT2D eigenvalue weighted by molar-refractivity contribution is -0.130. The van der Waals surface area contributed by atoms with Gasteiger partial charge in [0, 0.05) is 44.6 Å². The molecule has 0 spiro atoms. The number of fused-ring (bicyclic) bond motifs is 2. The number of amides is 1. The molecule has 1 saturated heterocycles. The smallest absolute Gasteiger partial charge is 0.262 e. The summed E-state index contributed by atoms with van der Waals surface area (Å²) < 4.78 is 1.57. The van der Waals surface area contributed by atoms with Crippen molar-refractivity contribution in [2.75, 3.05) is 31.9 Å². The summed E-state index contributed by atoms with van der Waals surface area (Å²) in [6.07, 6.45) is 0. The summed E-state index contributed by atoms with van der Waals surface area (Å²) in [6, 6.07) is 14.9. The van der Waals surface area contributed by atoms with Crippen LogP contribution in [0.5, 0.6) is 0 Å². The van der Waals surface area contributed by atoms with E-state index in [1.807, 2.05) is 18.7 Å². The van der Waals surface area contributed by atoms with Crippen LogP contribution in [0.15, 0.2) is 52.4 Å². The predicted octanol–water partition coefficient (Wildman–Crippen LogP) is 4.20. The molecule has 0 aliphatic carbocycles. The van der Waals surface area contributed by atoms with Gasteiger partial charge in [-0.15, -0.1) is 11.3 Å². The van der Waals surface area contributed by atoms with Crippen molar-refractivity contribution >= 4 is 50.0 Å². The summed E-state index contributed by atoms with van der Waals surface area (Å²) in [5.74, 6) is 0.390. The van der Waals surface area contributed by atoms with E-state index >= 15 is 0 Å². The van der Waals surface area contributed by atoms with E-state index in [1.165, 1.54) is 28.1 Å². The second-order valence-corrected chi connectivity index (χ2v) is 11.0. The number of carbonyl (C=O) groups excluding carboxylic acids is 1. The molecule has 34 heavy (non-hydrogen) atoms. The van der Waals surface area contributed by atoms with Gasteiger partial charge in [-0.25, -0.2) is 4.98 Å². The molecule has 1 fully saturated rings. The maximum atomic E-state index is 12.9. The van der Waals surface area contributed by atoms with Crippen LogP contribution >= 0.6 is 23.1 Å². The first kappa shape index (κ1) is 23.1. The van der Waals surface area contributed by atoms with E-state index in [2.05, 4.69) is 52.3 Å². The highest BCUT2D eigenvalue weighted by Crippen LogP contribution is 2.28. The number of thioether (sulfide) groups is 1. The van der Waals surface area contributed by atoms with E-state index in [4.69, 9.17) is 0 Å². The lowest BCUT2D eigenvalue weighted by Gasteiger charge is -2.35. The molecule has 0 unspecified atom stereocenters. The maximum Gasteiger partial charge on any atom is 0.262 e. The predicted molar refractivity (Wildman–Crippen MR) is 141 cm³/mol. The van der Waals surface area contributed by atoms with Crippen molar-refractivity contribution in [2.24, 2.45) is 7.05 Å². The average Bonchev–Trinajstić information content (AvgIpc) is 3.14. The minimum absolute atomic E-state index is 0.0381. The van der Waals surface area contributed by atoms with E-state index in [0.717, 1.165) is 48.0 Å². The molecule has 1 amide bonds. The van der Waals surface area contributed by atoms with Gasteiger partial charge < -0.3 is 4.90 Å². The molecule has 0 saturated carbocycles. The lowest BCUT2D eigenvalue weighted by atomic mass is 10.0. The molecule has 1 aliphatic rings. The monoisotopic (exact) mass is 492 g/mol. The molecular formula is C26H28N4O2S2. The van der Waals surface area contributed by atoms with Crippen LogP contribution in [-0.4, -0.2) is 57.2 Å². The van der Waals surface area contributed by atoms with Gasteiger partial charge in [0.25, 0.3) is 5.56 Å². The molecule has 8 heteroatoms. The second-order valence-electron chi connectivity index (χ2n) is 8.81. The highest BCUT2D eigenvalue weighted by molar-refractivity contribution is 7.99. The Balaban J connectivity index is 1.20. The van der Waals surface area contributed by atoms with Crippen molar-refractivity contribution in [2.45, 2.75) is 25.5 Å². The Morgan fingerprint density at radius 1 is 1.06 bits per heavy atom. The number of nitrogens with zero attached hydrogens (tertiary/aromatic N) is 4. The molecule has 2 aromatic carbocycles. The number of aromatic nitrogens is 2. The highest BCUT2D eigenvalue weighted by atomic mass is 32.2. The van der Waals surface area contributed by atoms with Gasteiger partial charge in [0.05, 0.1) is 11.1 Å². The van der Waals surface area contributed by atoms with Gasteiger partial charge in [0.2, 0.25) is 5.91 Å². The van der Waals surface area contributed by atoms with E-state index < -0.39 is 0 Å². The number of hydrogen-bond donors (Lipinski definition) is 0. The van der Waals surface area contributed by atoms with Gasteiger partial charge in [0.1, 0.15) is 4.83 Å². The molecular weight excluding hydrogens is 464 g/mol. The Morgan fingerprint density at radius 3 is 2.59 bits per heavy atom. The molecule has 5 rings (SSSR count). The SMILES string of the molecule is Cc1sc2nc(SCC(=O)N3CCN(Cc4cccc5ccccc45)CC3)n(C)c(=O)c2c1C. The molecule has 0 bridgehead atoms. The van der Waals surface area contributed by atoms with Crippen LogP contribution in [0.1, 0.15) is 16.0 Å². The van der Waals surface area contributed by atoms with Crippen LogP contribution in [0.2, 0.25) is 0 Å². The van der Waals surface area contributed by atoms with E-state index in [-0.39, 0.29) is 11.5 Å². The first-order valence-electron chi connectivity index (χ1n) is 11.5. The number of thiophene rings is 1. The average molecular weight is 493 g/mol. The maximum absolute atomic E-state index is 12.9. The number of hydrogen-bond acceptors (Lipinski definition) is 6. The normalized spacial score (nSPS) is 14.9. The van der Waals surface area contributed by atoms with Crippen molar-refractivity contribution in [3.8, 4) is 0 Å². The summed E-state index contributed by atoms with van der Waals surface area (Å²) in [5, 5.41) is 3.86. The Labute approximate surface area is 207 Å². The third-order valence-electron chi connectivity index (χ3n) is 6.69. The van der Waals surface area contributed by atoms with Crippen LogP contribution in [0.25, 0.3) is 21.0 Å². The fraction of sp³-hybridized carbons (Fsp3) is 0.346. The molecule has 0 atom stereocenters. The fourth-order valence-electron chi connectivity index (χ4n) is 4.53. The number of carbonyl (C=O) groups is 1. The topological polar surface area (TPSA) is 58.4 Å². The molecule has 3 heterocycles. The van der Waals surface area contributed by atoms with Crippen LogP contribution in [0, 0.1) is 13.8 Å². The lowest BCUT2D eigenvalue weighted by Crippen LogP contribution is -2.48. The zero-order valence-electron chi connectivity index (χ0n) is 19.7. The molecule has 2 aromatic heterocycles. The third kappa shape index (κ3) is 4.37. The van der Waals surface area contributed by atoms with Crippen molar-refractivity contribution in [3.05, 3.63) is 68.8 Å². The van der Waals surface area contributed by atoms with Crippen LogP contribution in [0.3, 0.4) is 0 Å². The fourth-order valence-corrected chi connectivity index (χ4v) is 6.47. The highest BCUT2D eigenvalue weighted by Gasteiger charge is 2.22. The van der Waals surface area contributed by atoms with Crippen molar-refractivity contribution in [1.82, 2.24) is 19.4 Å². The molecule has 0 radical (unpaired) electrons. The third-order valence-corrected chi connectivity index (χ3v) is 8.81. The van der Waals surface area contributed by atoms with Crippen LogP contribution < -0.4 is 5.56 Å². The van der Waals surface area contributed by atoms with Gasteiger partial charge in [-0.2, -0.15) is 0 Å². The summed E-state index contributed by atoms with van der Waals surface area (Å²) in [7, 11) is 1.74. The molecule has 4 aromatic rings. The Morgan fingerprint density at radius 2 is 1.79 bits per heavy atom. The molecule has 1 aliphatic heterocycles. The number of piperazine rings is 1. The zero-order valence-corrected chi connectivity index (χ0v) is 21.3. The number of rotatable bonds is 5. The van der Waals surface area contributed by atoms with Gasteiger partial charge >= 0.3 is 0 Å². The Bertz CT molecular complexity index is 1430.